The SMILES string of the molecule is C=CN=C(/C=C\C)C(=O)N1N=C(c2cccc(F)c2C)CC1(C)C. The summed E-state index contributed by atoms with van der Waals surface area (Å²) >= 11 is 0. The molecule has 0 aromatic heterocycles. The summed E-state index contributed by atoms with van der Waals surface area (Å²) in [5.74, 6) is -0.581. The zero-order valence-corrected chi connectivity index (χ0v) is 14.5. The molecule has 0 fully saturated rings. The first-order valence-corrected chi connectivity index (χ1v) is 7.80. The molecule has 1 aromatic rings. The van der Waals surface area contributed by atoms with Crippen molar-refractivity contribution < 1.29 is 9.18 Å². The quantitative estimate of drug-likeness (QED) is 0.771. The van der Waals surface area contributed by atoms with Gasteiger partial charge >= 0.3 is 0 Å². The van der Waals surface area contributed by atoms with E-state index in [2.05, 4.69) is 16.7 Å². The second-order valence-electron chi connectivity index (χ2n) is 6.26. The van der Waals surface area contributed by atoms with Crippen LogP contribution in [-0.4, -0.2) is 27.9 Å². The van der Waals surface area contributed by atoms with Crippen LogP contribution in [0.4, 0.5) is 4.39 Å². The van der Waals surface area contributed by atoms with Gasteiger partial charge < -0.3 is 0 Å². The smallest absolute Gasteiger partial charge is 0.265 e. The number of carbonyl (C=O) groups is 1. The van der Waals surface area contributed by atoms with Gasteiger partial charge in [0.05, 0.1) is 11.3 Å². The maximum Gasteiger partial charge on any atom is 0.293 e. The fourth-order valence-electron chi connectivity index (χ4n) is 2.70. The van der Waals surface area contributed by atoms with Crippen LogP contribution in [0.25, 0.3) is 0 Å². The number of allylic oxidation sites excluding steroid dienone is 1. The van der Waals surface area contributed by atoms with Gasteiger partial charge in [0.15, 0.2) is 0 Å². The van der Waals surface area contributed by atoms with Crippen LogP contribution in [0, 0.1) is 12.7 Å². The number of hydrogen-bond acceptors (Lipinski definition) is 3. The lowest BCUT2D eigenvalue weighted by Gasteiger charge is -2.28. The maximum absolute atomic E-state index is 13.8. The van der Waals surface area contributed by atoms with Crippen molar-refractivity contribution in [1.29, 1.82) is 0 Å². The maximum atomic E-state index is 13.8. The topological polar surface area (TPSA) is 45.0 Å². The number of hydrogen-bond donors (Lipinski definition) is 0. The van der Waals surface area contributed by atoms with E-state index in [1.54, 1.807) is 25.1 Å². The van der Waals surface area contributed by atoms with Gasteiger partial charge in [-0.05, 0) is 45.4 Å². The van der Waals surface area contributed by atoms with E-state index in [-0.39, 0.29) is 17.4 Å². The first-order valence-electron chi connectivity index (χ1n) is 7.80. The number of hydrazone groups is 1. The van der Waals surface area contributed by atoms with Crippen LogP contribution in [0.3, 0.4) is 0 Å². The Hall–Kier alpha value is -2.56. The van der Waals surface area contributed by atoms with E-state index in [9.17, 15) is 9.18 Å². The molecule has 126 valence electrons. The number of benzene rings is 1. The minimum absolute atomic E-state index is 0.265. The van der Waals surface area contributed by atoms with E-state index in [1.165, 1.54) is 17.3 Å². The van der Waals surface area contributed by atoms with Crippen LogP contribution >= 0.6 is 0 Å². The molecule has 24 heavy (non-hydrogen) atoms. The second kappa shape index (κ2) is 6.91. The van der Waals surface area contributed by atoms with Gasteiger partial charge in [-0.3, -0.25) is 9.79 Å². The van der Waals surface area contributed by atoms with Crippen LogP contribution in [0.1, 0.15) is 38.3 Å². The van der Waals surface area contributed by atoms with Gasteiger partial charge in [-0.15, -0.1) is 0 Å². The van der Waals surface area contributed by atoms with Crippen molar-refractivity contribution in [1.82, 2.24) is 5.01 Å². The molecule has 0 N–H and O–H groups in total. The Morgan fingerprint density at radius 1 is 1.46 bits per heavy atom. The zero-order valence-electron chi connectivity index (χ0n) is 14.5. The van der Waals surface area contributed by atoms with Crippen molar-refractivity contribution in [3.63, 3.8) is 0 Å². The third-order valence-electron chi connectivity index (χ3n) is 3.94. The number of nitrogens with zero attached hydrogens (tertiary/aromatic N) is 3. The minimum atomic E-state index is -0.519. The summed E-state index contributed by atoms with van der Waals surface area (Å²) in [5.41, 5.74) is 1.71. The number of carbonyl (C=O) groups excluding carboxylic acids is 1. The Labute approximate surface area is 142 Å². The van der Waals surface area contributed by atoms with Crippen LogP contribution < -0.4 is 0 Å². The summed E-state index contributed by atoms with van der Waals surface area (Å²) in [7, 11) is 0. The van der Waals surface area contributed by atoms with Gasteiger partial charge in [0.1, 0.15) is 11.5 Å². The minimum Gasteiger partial charge on any atom is -0.265 e. The van der Waals surface area contributed by atoms with Gasteiger partial charge in [0.25, 0.3) is 5.91 Å². The molecule has 0 saturated carbocycles. The molecule has 1 aliphatic heterocycles. The highest BCUT2D eigenvalue weighted by Gasteiger charge is 2.40. The third-order valence-corrected chi connectivity index (χ3v) is 3.94. The van der Waals surface area contributed by atoms with Crippen molar-refractivity contribution in [2.45, 2.75) is 39.7 Å². The second-order valence-corrected chi connectivity index (χ2v) is 6.26. The van der Waals surface area contributed by atoms with Crippen molar-refractivity contribution in [2.24, 2.45) is 10.1 Å². The highest BCUT2D eigenvalue weighted by molar-refractivity contribution is 6.43. The molecule has 0 unspecified atom stereocenters. The molecule has 0 atom stereocenters. The lowest BCUT2D eigenvalue weighted by atomic mass is 9.92. The van der Waals surface area contributed by atoms with E-state index >= 15 is 0 Å². The molecule has 1 amide bonds. The Morgan fingerprint density at radius 3 is 2.79 bits per heavy atom. The molecule has 0 saturated heterocycles. The highest BCUT2D eigenvalue weighted by Crippen LogP contribution is 2.31. The summed E-state index contributed by atoms with van der Waals surface area (Å²) < 4.78 is 13.8. The molecule has 1 aromatic carbocycles. The molecule has 0 aliphatic carbocycles. The van der Waals surface area contributed by atoms with Gasteiger partial charge in [0.2, 0.25) is 0 Å². The normalized spacial score (nSPS) is 17.3. The predicted molar refractivity (Wildman–Crippen MR) is 95.7 cm³/mol. The Morgan fingerprint density at radius 2 is 2.17 bits per heavy atom. The predicted octanol–water partition coefficient (Wildman–Crippen LogP) is 4.01. The number of aliphatic imine (C=N–C) groups is 1. The average molecular weight is 327 g/mol. The molecule has 0 spiro atoms. The Bertz CT molecular complexity index is 760. The zero-order chi connectivity index (χ0) is 17.9. The number of halogens is 1. The van der Waals surface area contributed by atoms with Crippen molar-refractivity contribution >= 4 is 17.3 Å². The van der Waals surface area contributed by atoms with Crippen LogP contribution in [-0.2, 0) is 4.79 Å². The van der Waals surface area contributed by atoms with Crippen molar-refractivity contribution in [3.05, 3.63) is 60.1 Å². The first kappa shape index (κ1) is 17.8. The lowest BCUT2D eigenvalue weighted by molar-refractivity contribution is -0.127. The van der Waals surface area contributed by atoms with E-state index in [0.29, 0.717) is 17.7 Å². The van der Waals surface area contributed by atoms with E-state index in [0.717, 1.165) is 5.56 Å². The molecule has 5 heteroatoms. The standard InChI is InChI=1S/C19H22FN3O/c1-6-9-16(21-7-2)18(24)23-19(4,5)12-17(22-23)14-10-8-11-15(20)13(14)3/h6-11H,2,12H2,1,3-5H3/b9-6-,21-16?. The largest absolute Gasteiger partial charge is 0.293 e. The summed E-state index contributed by atoms with van der Waals surface area (Å²) in [5, 5.41) is 5.91. The molecule has 4 nitrogen and oxygen atoms in total. The summed E-state index contributed by atoms with van der Waals surface area (Å²) in [6.07, 6.45) is 5.24. The molecule has 0 radical (unpaired) electrons. The number of rotatable bonds is 4. The summed E-state index contributed by atoms with van der Waals surface area (Å²) in [4.78, 5) is 16.8. The van der Waals surface area contributed by atoms with Crippen LogP contribution in [0.15, 0.2) is 53.2 Å². The fraction of sp³-hybridized carbons (Fsp3) is 0.316. The molecule has 1 heterocycles. The van der Waals surface area contributed by atoms with Crippen LogP contribution in [0.5, 0.6) is 0 Å². The van der Waals surface area contributed by atoms with Gasteiger partial charge in [-0.1, -0.05) is 24.8 Å². The molecular formula is C19H22FN3O. The van der Waals surface area contributed by atoms with E-state index in [1.807, 2.05) is 26.8 Å². The van der Waals surface area contributed by atoms with Crippen molar-refractivity contribution in [2.75, 3.05) is 0 Å². The third kappa shape index (κ3) is 3.35. The first-order chi connectivity index (χ1) is 11.3. The van der Waals surface area contributed by atoms with Gasteiger partial charge in [-0.2, -0.15) is 5.10 Å². The van der Waals surface area contributed by atoms with Gasteiger partial charge in [-0.25, -0.2) is 9.40 Å². The average Bonchev–Trinajstić information content (AvgIpc) is 2.84. The lowest BCUT2D eigenvalue weighted by Crippen LogP contribution is -2.43. The highest BCUT2D eigenvalue weighted by atomic mass is 19.1. The molecule has 0 bridgehead atoms. The van der Waals surface area contributed by atoms with Gasteiger partial charge in [0, 0.05) is 18.2 Å². The summed E-state index contributed by atoms with van der Waals surface area (Å²) in [6.45, 7) is 10.9. The summed E-state index contributed by atoms with van der Waals surface area (Å²) in [6, 6.07) is 4.90. The van der Waals surface area contributed by atoms with Crippen molar-refractivity contribution in [3.8, 4) is 0 Å². The monoisotopic (exact) mass is 327 g/mol. The van der Waals surface area contributed by atoms with E-state index < -0.39 is 5.54 Å². The fourth-order valence-corrected chi connectivity index (χ4v) is 2.70. The Balaban J connectivity index is 2.45. The van der Waals surface area contributed by atoms with Crippen LogP contribution in [0.2, 0.25) is 0 Å². The molecule has 2 rings (SSSR count). The molecule has 1 aliphatic rings. The van der Waals surface area contributed by atoms with E-state index in [4.69, 9.17) is 0 Å². The number of amides is 1. The Kier molecular flexibility index (Phi) is 5.12. The molecular weight excluding hydrogens is 305 g/mol.